The summed E-state index contributed by atoms with van der Waals surface area (Å²) in [5.74, 6) is 0.676. The van der Waals surface area contributed by atoms with Crippen molar-refractivity contribution in [3.8, 4) is 0 Å². The molecule has 0 heterocycles. The highest BCUT2D eigenvalue weighted by Gasteiger charge is 2.15. The Balaban J connectivity index is 0.00000288. The molecule has 0 spiro atoms. The van der Waals surface area contributed by atoms with E-state index in [1.165, 1.54) is 11.8 Å². The van der Waals surface area contributed by atoms with Crippen molar-refractivity contribution in [2.75, 3.05) is 11.4 Å². The SMILES string of the molecule is Br.CCN(C(=O)Cc1ccccc1CSC(=N)N)c1ccccc1. The molecule has 0 aliphatic heterocycles. The average Bonchev–Trinajstić information content (AvgIpc) is 2.55. The summed E-state index contributed by atoms with van der Waals surface area (Å²) in [7, 11) is 0. The Labute approximate surface area is 157 Å². The van der Waals surface area contributed by atoms with Gasteiger partial charge in [0.25, 0.3) is 0 Å². The molecule has 128 valence electrons. The number of carbonyl (C=O) groups excluding carboxylic acids is 1. The zero-order valence-corrected chi connectivity index (χ0v) is 16.1. The van der Waals surface area contributed by atoms with Crippen molar-refractivity contribution in [1.29, 1.82) is 5.41 Å². The van der Waals surface area contributed by atoms with Crippen molar-refractivity contribution in [3.05, 3.63) is 65.7 Å². The van der Waals surface area contributed by atoms with Gasteiger partial charge >= 0.3 is 0 Å². The van der Waals surface area contributed by atoms with E-state index in [2.05, 4.69) is 0 Å². The lowest BCUT2D eigenvalue weighted by molar-refractivity contribution is -0.117. The van der Waals surface area contributed by atoms with E-state index in [4.69, 9.17) is 11.1 Å². The van der Waals surface area contributed by atoms with E-state index in [0.717, 1.165) is 16.8 Å². The van der Waals surface area contributed by atoms with Crippen molar-refractivity contribution < 1.29 is 4.79 Å². The first kappa shape index (κ1) is 20.3. The molecule has 0 atom stereocenters. The molecule has 0 aliphatic carbocycles. The average molecular weight is 408 g/mol. The van der Waals surface area contributed by atoms with Crippen LogP contribution in [0.4, 0.5) is 5.69 Å². The first-order valence-corrected chi connectivity index (χ1v) is 8.49. The number of nitrogens with zero attached hydrogens (tertiary/aromatic N) is 1. The summed E-state index contributed by atoms with van der Waals surface area (Å²) < 4.78 is 0. The van der Waals surface area contributed by atoms with Gasteiger partial charge in [-0.05, 0) is 30.2 Å². The molecule has 2 aromatic rings. The minimum absolute atomic E-state index is 0. The largest absolute Gasteiger partial charge is 0.379 e. The van der Waals surface area contributed by atoms with Crippen LogP contribution in [0.25, 0.3) is 0 Å². The molecular formula is C18H22BrN3OS. The maximum absolute atomic E-state index is 12.7. The number of amides is 1. The molecule has 0 aromatic heterocycles. The maximum atomic E-state index is 12.7. The Hall–Kier alpha value is -1.79. The minimum atomic E-state index is 0. The quantitative estimate of drug-likeness (QED) is 0.561. The van der Waals surface area contributed by atoms with Crippen molar-refractivity contribution in [2.45, 2.75) is 19.1 Å². The summed E-state index contributed by atoms with van der Waals surface area (Å²) in [6.07, 6.45) is 0.345. The number of benzene rings is 2. The van der Waals surface area contributed by atoms with Gasteiger partial charge in [-0.25, -0.2) is 0 Å². The van der Waals surface area contributed by atoms with Gasteiger partial charge in [0.1, 0.15) is 0 Å². The fourth-order valence-corrected chi connectivity index (χ4v) is 2.99. The molecule has 0 saturated carbocycles. The first-order valence-electron chi connectivity index (χ1n) is 7.50. The number of rotatable bonds is 6. The number of carbonyl (C=O) groups is 1. The van der Waals surface area contributed by atoms with Crippen LogP contribution in [0.2, 0.25) is 0 Å². The third kappa shape index (κ3) is 5.69. The van der Waals surface area contributed by atoms with Gasteiger partial charge in [0.15, 0.2) is 5.17 Å². The number of nitrogens with one attached hydrogen (secondary N) is 1. The smallest absolute Gasteiger partial charge is 0.231 e. The lowest BCUT2D eigenvalue weighted by atomic mass is 10.0. The second-order valence-electron chi connectivity index (χ2n) is 5.07. The predicted molar refractivity (Wildman–Crippen MR) is 108 cm³/mol. The van der Waals surface area contributed by atoms with Gasteiger partial charge in [-0.15, -0.1) is 17.0 Å². The van der Waals surface area contributed by atoms with Gasteiger partial charge < -0.3 is 10.6 Å². The number of amidine groups is 1. The van der Waals surface area contributed by atoms with E-state index in [9.17, 15) is 4.79 Å². The lowest BCUT2D eigenvalue weighted by Crippen LogP contribution is -2.32. The standard InChI is InChI=1S/C18H21N3OS.BrH/c1-2-21(16-10-4-3-5-11-16)17(22)12-14-8-6-7-9-15(14)13-23-18(19)20;/h3-11H,2,12-13H2,1H3,(H3,19,20);1H. The Morgan fingerprint density at radius 1 is 1.08 bits per heavy atom. The number of thioether (sulfide) groups is 1. The molecule has 2 aromatic carbocycles. The summed E-state index contributed by atoms with van der Waals surface area (Å²) in [4.78, 5) is 14.5. The van der Waals surface area contributed by atoms with E-state index < -0.39 is 0 Å². The Kier molecular flexibility index (Phi) is 8.57. The van der Waals surface area contributed by atoms with Crippen LogP contribution >= 0.6 is 28.7 Å². The van der Waals surface area contributed by atoms with Crippen LogP contribution < -0.4 is 10.6 Å². The maximum Gasteiger partial charge on any atom is 0.231 e. The molecular weight excluding hydrogens is 386 g/mol. The fourth-order valence-electron chi connectivity index (χ4n) is 2.40. The molecule has 0 fully saturated rings. The van der Waals surface area contributed by atoms with Crippen LogP contribution in [-0.2, 0) is 17.0 Å². The van der Waals surface area contributed by atoms with Gasteiger partial charge in [-0.2, -0.15) is 0 Å². The second-order valence-corrected chi connectivity index (χ2v) is 6.09. The monoisotopic (exact) mass is 407 g/mol. The van der Waals surface area contributed by atoms with E-state index in [-0.39, 0.29) is 28.1 Å². The third-order valence-corrected chi connectivity index (χ3v) is 4.29. The van der Waals surface area contributed by atoms with Gasteiger partial charge in [-0.3, -0.25) is 10.2 Å². The molecule has 0 aliphatic rings. The Bertz CT molecular complexity index is 679. The molecule has 0 saturated heterocycles. The van der Waals surface area contributed by atoms with Crippen LogP contribution in [0.3, 0.4) is 0 Å². The fraction of sp³-hybridized carbons (Fsp3) is 0.222. The molecule has 0 radical (unpaired) electrons. The molecule has 6 heteroatoms. The lowest BCUT2D eigenvalue weighted by Gasteiger charge is -2.21. The Morgan fingerprint density at radius 3 is 2.25 bits per heavy atom. The van der Waals surface area contributed by atoms with Crippen molar-refractivity contribution in [1.82, 2.24) is 0 Å². The van der Waals surface area contributed by atoms with E-state index in [1.54, 1.807) is 4.90 Å². The molecule has 24 heavy (non-hydrogen) atoms. The third-order valence-electron chi connectivity index (χ3n) is 3.53. The molecule has 2 rings (SSSR count). The summed E-state index contributed by atoms with van der Waals surface area (Å²) >= 11 is 1.27. The minimum Gasteiger partial charge on any atom is -0.379 e. The van der Waals surface area contributed by atoms with E-state index >= 15 is 0 Å². The zero-order chi connectivity index (χ0) is 16.7. The predicted octanol–water partition coefficient (Wildman–Crippen LogP) is 3.99. The number of nitrogens with two attached hydrogens (primary N) is 1. The van der Waals surface area contributed by atoms with Crippen molar-refractivity contribution in [3.63, 3.8) is 0 Å². The highest BCUT2D eigenvalue weighted by atomic mass is 79.9. The second kappa shape index (κ2) is 10.2. The van der Waals surface area contributed by atoms with Gasteiger partial charge in [0, 0.05) is 18.0 Å². The number of hydrogen-bond donors (Lipinski definition) is 2. The number of likely N-dealkylation sites (N-methyl/N-ethyl adjacent to an activating group) is 1. The van der Waals surface area contributed by atoms with E-state index in [0.29, 0.717) is 18.7 Å². The molecule has 0 unspecified atom stereocenters. The molecule has 1 amide bonds. The number of hydrogen-bond acceptors (Lipinski definition) is 3. The van der Waals surface area contributed by atoms with Crippen molar-refractivity contribution >= 4 is 45.5 Å². The van der Waals surface area contributed by atoms with Gasteiger partial charge in [0.2, 0.25) is 5.91 Å². The number of anilines is 1. The summed E-state index contributed by atoms with van der Waals surface area (Å²) in [6, 6.07) is 17.5. The zero-order valence-electron chi connectivity index (χ0n) is 13.6. The summed E-state index contributed by atoms with van der Waals surface area (Å²) in [5.41, 5.74) is 8.35. The molecule has 3 N–H and O–H groups in total. The normalized spacial score (nSPS) is 9.88. The molecule has 4 nitrogen and oxygen atoms in total. The van der Waals surface area contributed by atoms with Crippen LogP contribution in [0.5, 0.6) is 0 Å². The van der Waals surface area contributed by atoms with Crippen LogP contribution in [-0.4, -0.2) is 17.6 Å². The van der Waals surface area contributed by atoms with Crippen LogP contribution in [0.15, 0.2) is 54.6 Å². The van der Waals surface area contributed by atoms with Crippen molar-refractivity contribution in [2.24, 2.45) is 5.73 Å². The van der Waals surface area contributed by atoms with Gasteiger partial charge in [-0.1, -0.05) is 54.2 Å². The molecule has 0 bridgehead atoms. The highest BCUT2D eigenvalue weighted by molar-refractivity contribution is 8.93. The number of para-hydroxylation sites is 1. The highest BCUT2D eigenvalue weighted by Crippen LogP contribution is 2.19. The van der Waals surface area contributed by atoms with Gasteiger partial charge in [0.05, 0.1) is 6.42 Å². The van der Waals surface area contributed by atoms with Crippen LogP contribution in [0, 0.1) is 5.41 Å². The topological polar surface area (TPSA) is 70.2 Å². The number of halogens is 1. The Morgan fingerprint density at radius 2 is 1.67 bits per heavy atom. The van der Waals surface area contributed by atoms with Crippen LogP contribution in [0.1, 0.15) is 18.1 Å². The summed E-state index contributed by atoms with van der Waals surface area (Å²) in [5, 5.41) is 7.42. The summed E-state index contributed by atoms with van der Waals surface area (Å²) in [6.45, 7) is 2.61. The first-order chi connectivity index (χ1) is 11.1. The van der Waals surface area contributed by atoms with E-state index in [1.807, 2.05) is 61.5 Å².